The van der Waals surface area contributed by atoms with Crippen LogP contribution < -0.4 is 10.6 Å². The second kappa shape index (κ2) is 10.3. The van der Waals surface area contributed by atoms with Gasteiger partial charge in [0.05, 0.1) is 11.1 Å². The van der Waals surface area contributed by atoms with Crippen LogP contribution in [0.5, 0.6) is 0 Å². The summed E-state index contributed by atoms with van der Waals surface area (Å²) in [5, 5.41) is 5.48. The number of anilines is 1. The van der Waals surface area contributed by atoms with E-state index in [1.807, 2.05) is 12.1 Å². The maximum Gasteiger partial charge on any atom is 0.417 e. The first-order chi connectivity index (χ1) is 16.7. The summed E-state index contributed by atoms with van der Waals surface area (Å²) in [7, 11) is 0. The average Bonchev–Trinajstić information content (AvgIpc) is 2.83. The van der Waals surface area contributed by atoms with Gasteiger partial charge in [-0.3, -0.25) is 14.5 Å². The van der Waals surface area contributed by atoms with Crippen molar-refractivity contribution in [3.8, 4) is 11.1 Å². The van der Waals surface area contributed by atoms with Gasteiger partial charge < -0.3 is 10.6 Å². The molecule has 35 heavy (non-hydrogen) atoms. The predicted octanol–water partition coefficient (Wildman–Crippen LogP) is 5.12. The number of hydrogen-bond donors (Lipinski definition) is 2. The average molecular weight is 482 g/mol. The van der Waals surface area contributed by atoms with E-state index in [4.69, 9.17) is 0 Å². The molecule has 0 aromatic heterocycles. The van der Waals surface area contributed by atoms with E-state index in [2.05, 4.69) is 15.5 Å². The first-order valence-corrected chi connectivity index (χ1v) is 11.4. The molecule has 0 unspecified atom stereocenters. The van der Waals surface area contributed by atoms with Gasteiger partial charge in [-0.15, -0.1) is 0 Å². The van der Waals surface area contributed by atoms with Crippen LogP contribution in [-0.4, -0.2) is 36.3 Å². The van der Waals surface area contributed by atoms with Gasteiger partial charge in [0.2, 0.25) is 5.91 Å². The number of nitrogens with zero attached hydrogens (tertiary/aromatic N) is 1. The number of fused-ring (bicyclic) bond motifs is 1. The van der Waals surface area contributed by atoms with Crippen molar-refractivity contribution in [1.29, 1.82) is 0 Å². The minimum atomic E-state index is -4.67. The lowest BCUT2D eigenvalue weighted by atomic mass is 9.94. The van der Waals surface area contributed by atoms with Gasteiger partial charge in [-0.05, 0) is 46.9 Å². The number of rotatable bonds is 6. The molecule has 5 nitrogen and oxygen atoms in total. The van der Waals surface area contributed by atoms with E-state index in [-0.39, 0.29) is 11.5 Å². The number of benzene rings is 3. The Balaban J connectivity index is 1.57. The smallest absolute Gasteiger partial charge is 0.355 e. The fraction of sp³-hybridized carbons (Fsp3) is 0.259. The Morgan fingerprint density at radius 3 is 2.46 bits per heavy atom. The predicted molar refractivity (Wildman–Crippen MR) is 129 cm³/mol. The second-order valence-electron chi connectivity index (χ2n) is 8.54. The number of nitrogens with one attached hydrogen (secondary N) is 2. The van der Waals surface area contributed by atoms with Gasteiger partial charge in [0.15, 0.2) is 0 Å². The van der Waals surface area contributed by atoms with Gasteiger partial charge in [-0.1, -0.05) is 48.5 Å². The van der Waals surface area contributed by atoms with E-state index in [1.54, 1.807) is 36.4 Å². The molecule has 182 valence electrons. The lowest BCUT2D eigenvalue weighted by Crippen LogP contribution is -2.37. The summed E-state index contributed by atoms with van der Waals surface area (Å²) >= 11 is 0. The number of hydrogen-bond acceptors (Lipinski definition) is 3. The third kappa shape index (κ3) is 5.89. The van der Waals surface area contributed by atoms with Crippen LogP contribution in [0, 0.1) is 0 Å². The highest BCUT2D eigenvalue weighted by Crippen LogP contribution is 2.37. The van der Waals surface area contributed by atoms with Crippen LogP contribution in [0.2, 0.25) is 0 Å². The monoisotopic (exact) mass is 481 g/mol. The zero-order chi connectivity index (χ0) is 25.0. The number of carbonyl (C=O) groups is 2. The summed E-state index contributed by atoms with van der Waals surface area (Å²) < 4.78 is 41.5. The molecule has 0 fully saturated rings. The zero-order valence-corrected chi connectivity index (χ0v) is 19.3. The van der Waals surface area contributed by atoms with Crippen LogP contribution in [0.4, 0.5) is 18.9 Å². The summed E-state index contributed by atoms with van der Waals surface area (Å²) in [6, 6.07) is 17.8. The van der Waals surface area contributed by atoms with Crippen molar-refractivity contribution >= 4 is 17.5 Å². The molecule has 4 rings (SSSR count). The number of carbonyl (C=O) groups excluding carboxylic acids is 2. The molecule has 0 spiro atoms. The summed E-state index contributed by atoms with van der Waals surface area (Å²) in [6.45, 7) is 4.28. The summed E-state index contributed by atoms with van der Waals surface area (Å²) in [5.74, 6) is -0.866. The Morgan fingerprint density at radius 1 is 0.971 bits per heavy atom. The third-order valence-corrected chi connectivity index (χ3v) is 6.04. The molecular formula is C27H26F3N3O2. The Hall–Kier alpha value is -3.65. The van der Waals surface area contributed by atoms with Gasteiger partial charge in [-0.25, -0.2) is 0 Å². The molecule has 0 atom stereocenters. The van der Waals surface area contributed by atoms with Crippen molar-refractivity contribution in [2.24, 2.45) is 0 Å². The van der Waals surface area contributed by atoms with Crippen LogP contribution >= 0.6 is 0 Å². The largest absolute Gasteiger partial charge is 0.417 e. The van der Waals surface area contributed by atoms with Crippen molar-refractivity contribution in [3.05, 3.63) is 89.0 Å². The molecule has 0 radical (unpaired) electrons. The standard InChI is InChI=1S/C27H26F3N3O2/c1-18(34)31-13-15-33-14-12-20-16-22(11-10-21(20)17-33)32-26(35)25-23(19-6-3-2-4-7-19)8-5-9-24(25)27(28,29)30/h2-11,16H,12-15,17H2,1H3,(H,31,34)(H,32,35). The van der Waals surface area contributed by atoms with Crippen molar-refractivity contribution in [3.63, 3.8) is 0 Å². The summed E-state index contributed by atoms with van der Waals surface area (Å²) in [6.07, 6.45) is -3.93. The van der Waals surface area contributed by atoms with Gasteiger partial charge >= 0.3 is 6.18 Å². The van der Waals surface area contributed by atoms with Gasteiger partial charge in [0.25, 0.3) is 5.91 Å². The molecule has 1 aliphatic heterocycles. The van der Waals surface area contributed by atoms with Crippen molar-refractivity contribution in [1.82, 2.24) is 10.2 Å². The van der Waals surface area contributed by atoms with Crippen LogP contribution in [0.1, 0.15) is 34.0 Å². The minimum absolute atomic E-state index is 0.0645. The van der Waals surface area contributed by atoms with E-state index in [0.29, 0.717) is 24.3 Å². The quantitative estimate of drug-likeness (QED) is 0.514. The molecule has 0 aliphatic carbocycles. The molecule has 0 bridgehead atoms. The van der Waals surface area contributed by atoms with E-state index < -0.39 is 23.2 Å². The van der Waals surface area contributed by atoms with Crippen LogP contribution in [-0.2, 0) is 23.9 Å². The lowest BCUT2D eigenvalue weighted by molar-refractivity contribution is -0.137. The number of halogens is 3. The van der Waals surface area contributed by atoms with Crippen LogP contribution in [0.3, 0.4) is 0 Å². The molecule has 3 aromatic carbocycles. The van der Waals surface area contributed by atoms with Crippen molar-refractivity contribution < 1.29 is 22.8 Å². The van der Waals surface area contributed by atoms with Crippen molar-refractivity contribution in [2.45, 2.75) is 26.1 Å². The van der Waals surface area contributed by atoms with Crippen molar-refractivity contribution in [2.75, 3.05) is 25.0 Å². The topological polar surface area (TPSA) is 61.4 Å². The SMILES string of the molecule is CC(=O)NCCN1CCc2cc(NC(=O)c3c(-c4ccccc4)cccc3C(F)(F)F)ccc2C1. The van der Waals surface area contributed by atoms with E-state index in [1.165, 1.54) is 19.1 Å². The summed E-state index contributed by atoms with van der Waals surface area (Å²) in [4.78, 5) is 26.5. The maximum absolute atomic E-state index is 13.8. The minimum Gasteiger partial charge on any atom is -0.355 e. The highest BCUT2D eigenvalue weighted by atomic mass is 19.4. The highest BCUT2D eigenvalue weighted by molar-refractivity contribution is 6.10. The fourth-order valence-corrected chi connectivity index (χ4v) is 4.36. The molecule has 0 saturated heterocycles. The second-order valence-corrected chi connectivity index (χ2v) is 8.54. The Kier molecular flexibility index (Phi) is 7.21. The molecular weight excluding hydrogens is 455 g/mol. The highest BCUT2D eigenvalue weighted by Gasteiger charge is 2.36. The Labute approximate surface area is 202 Å². The molecule has 0 saturated carbocycles. The first kappa shape index (κ1) is 24.5. The molecule has 3 aromatic rings. The normalized spacial score (nSPS) is 13.7. The van der Waals surface area contributed by atoms with Crippen LogP contribution in [0.15, 0.2) is 66.7 Å². The van der Waals surface area contributed by atoms with Gasteiger partial charge in [0.1, 0.15) is 0 Å². The molecule has 2 N–H and O–H groups in total. The number of alkyl halides is 3. The van der Waals surface area contributed by atoms with E-state index >= 15 is 0 Å². The Bertz CT molecular complexity index is 1230. The third-order valence-electron chi connectivity index (χ3n) is 6.04. The molecule has 1 aliphatic rings. The van der Waals surface area contributed by atoms with Gasteiger partial charge in [0, 0.05) is 38.8 Å². The summed E-state index contributed by atoms with van der Waals surface area (Å²) in [5.41, 5.74) is 2.00. The first-order valence-electron chi connectivity index (χ1n) is 11.4. The molecule has 1 heterocycles. The van der Waals surface area contributed by atoms with E-state index in [9.17, 15) is 22.8 Å². The fourth-order valence-electron chi connectivity index (χ4n) is 4.36. The lowest BCUT2D eigenvalue weighted by Gasteiger charge is -2.29. The Morgan fingerprint density at radius 2 is 1.74 bits per heavy atom. The zero-order valence-electron chi connectivity index (χ0n) is 19.3. The molecule has 2 amide bonds. The number of amides is 2. The van der Waals surface area contributed by atoms with E-state index in [0.717, 1.165) is 36.7 Å². The maximum atomic E-state index is 13.8. The van der Waals surface area contributed by atoms with Crippen LogP contribution in [0.25, 0.3) is 11.1 Å². The van der Waals surface area contributed by atoms with Gasteiger partial charge in [-0.2, -0.15) is 13.2 Å². The molecule has 8 heteroatoms.